The second kappa shape index (κ2) is 8.31. The van der Waals surface area contributed by atoms with Crippen LogP contribution in [0.3, 0.4) is 0 Å². The van der Waals surface area contributed by atoms with E-state index >= 15 is 0 Å². The molecule has 8 heteroatoms. The molecule has 1 aromatic heterocycles. The third-order valence-corrected chi connectivity index (χ3v) is 5.36. The Morgan fingerprint density at radius 3 is 2.64 bits per heavy atom. The number of amides is 1. The van der Waals surface area contributed by atoms with Gasteiger partial charge in [-0.1, -0.05) is 12.1 Å². The molecule has 0 saturated carbocycles. The van der Waals surface area contributed by atoms with Gasteiger partial charge in [0.2, 0.25) is 6.79 Å². The van der Waals surface area contributed by atoms with E-state index in [2.05, 4.69) is 10.3 Å². The minimum atomic E-state index is -0.736. The molecule has 4 aromatic rings. The summed E-state index contributed by atoms with van der Waals surface area (Å²) in [6, 6.07) is 19.4. The van der Waals surface area contributed by atoms with E-state index in [0.29, 0.717) is 45.4 Å². The number of hydrogen-bond donors (Lipinski definition) is 1. The van der Waals surface area contributed by atoms with Gasteiger partial charge >= 0.3 is 0 Å². The summed E-state index contributed by atoms with van der Waals surface area (Å²) in [5, 5.41) is 3.38. The lowest BCUT2D eigenvalue weighted by atomic mass is 10.2. The first kappa shape index (κ1) is 20.6. The first-order valence-electron chi connectivity index (χ1n) is 10.5. The summed E-state index contributed by atoms with van der Waals surface area (Å²) in [6.45, 7) is 3.63. The smallest absolute Gasteiger partial charge is 0.265 e. The zero-order valence-electron chi connectivity index (χ0n) is 18.1. The van der Waals surface area contributed by atoms with Crippen LogP contribution in [0.1, 0.15) is 12.7 Å². The number of ether oxygens (including phenoxy) is 3. The highest BCUT2D eigenvalue weighted by Gasteiger charge is 2.18. The zero-order chi connectivity index (χ0) is 22.9. The molecule has 1 aliphatic rings. The Kier molecular flexibility index (Phi) is 5.18. The van der Waals surface area contributed by atoms with E-state index in [-0.39, 0.29) is 18.3 Å². The minimum absolute atomic E-state index is 0.138. The average Bonchev–Trinajstić information content (AvgIpc) is 3.28. The van der Waals surface area contributed by atoms with E-state index < -0.39 is 6.10 Å². The van der Waals surface area contributed by atoms with E-state index in [1.54, 1.807) is 66.9 Å². The predicted octanol–water partition coefficient (Wildman–Crippen LogP) is 3.83. The third kappa shape index (κ3) is 3.98. The second-order valence-corrected chi connectivity index (χ2v) is 7.63. The fourth-order valence-electron chi connectivity index (χ4n) is 3.69. The average molecular weight is 443 g/mol. The van der Waals surface area contributed by atoms with Crippen LogP contribution < -0.4 is 25.1 Å². The SMILES string of the molecule is Cc1nc2ccccc2c(=O)n1-c1ccc(NC(=O)C(C)Oc2ccc3c(c2)OCO3)cc1. The van der Waals surface area contributed by atoms with Crippen LogP contribution in [0, 0.1) is 6.92 Å². The van der Waals surface area contributed by atoms with Crippen molar-refractivity contribution in [3.63, 3.8) is 0 Å². The number of para-hydroxylation sites is 1. The number of rotatable bonds is 5. The molecule has 0 bridgehead atoms. The van der Waals surface area contributed by atoms with Crippen molar-refractivity contribution in [1.82, 2.24) is 9.55 Å². The van der Waals surface area contributed by atoms with Gasteiger partial charge in [-0.25, -0.2) is 4.98 Å². The fraction of sp³-hybridized carbons (Fsp3) is 0.160. The quantitative estimate of drug-likeness (QED) is 0.504. The molecule has 1 unspecified atom stereocenters. The van der Waals surface area contributed by atoms with Crippen LogP contribution in [-0.2, 0) is 4.79 Å². The molecule has 166 valence electrons. The van der Waals surface area contributed by atoms with Gasteiger partial charge in [-0.2, -0.15) is 0 Å². The largest absolute Gasteiger partial charge is 0.481 e. The number of carbonyl (C=O) groups excluding carboxylic acids is 1. The molecule has 1 aliphatic heterocycles. The molecular weight excluding hydrogens is 422 g/mol. The number of benzene rings is 3. The number of aromatic nitrogens is 2. The van der Waals surface area contributed by atoms with Crippen LogP contribution in [-0.4, -0.2) is 28.4 Å². The number of aryl methyl sites for hydroxylation is 1. The van der Waals surface area contributed by atoms with Crippen molar-refractivity contribution in [2.24, 2.45) is 0 Å². The highest BCUT2D eigenvalue weighted by molar-refractivity contribution is 5.94. The molecule has 33 heavy (non-hydrogen) atoms. The Bertz CT molecular complexity index is 1410. The van der Waals surface area contributed by atoms with Gasteiger partial charge < -0.3 is 19.5 Å². The van der Waals surface area contributed by atoms with Gasteiger partial charge in [-0.05, 0) is 62.4 Å². The molecule has 8 nitrogen and oxygen atoms in total. The van der Waals surface area contributed by atoms with E-state index in [0.717, 1.165) is 0 Å². The number of carbonyl (C=O) groups is 1. The standard InChI is InChI=1S/C25H21N3O5/c1-15(33-19-11-12-22-23(13-19)32-14-31-22)24(29)27-17-7-9-18(10-8-17)28-16(2)26-21-6-4-3-5-20(21)25(28)30/h3-13,15H,14H2,1-2H3,(H,27,29). The lowest BCUT2D eigenvalue weighted by Crippen LogP contribution is -2.30. The van der Waals surface area contributed by atoms with Crippen LogP contribution in [0.2, 0.25) is 0 Å². The molecule has 0 radical (unpaired) electrons. The number of nitrogens with zero attached hydrogens (tertiary/aromatic N) is 2. The second-order valence-electron chi connectivity index (χ2n) is 7.63. The van der Waals surface area contributed by atoms with Crippen molar-refractivity contribution < 1.29 is 19.0 Å². The summed E-state index contributed by atoms with van der Waals surface area (Å²) in [7, 11) is 0. The molecule has 1 N–H and O–H groups in total. The fourth-order valence-corrected chi connectivity index (χ4v) is 3.69. The Morgan fingerprint density at radius 2 is 1.82 bits per heavy atom. The first-order chi connectivity index (χ1) is 16.0. The Labute approximate surface area is 189 Å². The number of hydrogen-bond acceptors (Lipinski definition) is 6. The molecular formula is C25H21N3O5. The molecule has 0 aliphatic carbocycles. The number of nitrogens with one attached hydrogen (secondary N) is 1. The molecule has 1 amide bonds. The minimum Gasteiger partial charge on any atom is -0.481 e. The van der Waals surface area contributed by atoms with Crippen molar-refractivity contribution in [3.05, 3.63) is 82.9 Å². The summed E-state index contributed by atoms with van der Waals surface area (Å²) in [5.41, 5.74) is 1.78. The molecule has 0 saturated heterocycles. The maximum Gasteiger partial charge on any atom is 0.265 e. The van der Waals surface area contributed by atoms with Crippen LogP contribution >= 0.6 is 0 Å². The highest BCUT2D eigenvalue weighted by atomic mass is 16.7. The summed E-state index contributed by atoms with van der Waals surface area (Å²) in [5.74, 6) is 2.03. The van der Waals surface area contributed by atoms with Gasteiger partial charge in [0.15, 0.2) is 17.6 Å². The first-order valence-corrected chi connectivity index (χ1v) is 10.5. The maximum absolute atomic E-state index is 13.0. The van der Waals surface area contributed by atoms with Crippen LogP contribution in [0.25, 0.3) is 16.6 Å². The Hall–Kier alpha value is -4.33. The van der Waals surface area contributed by atoms with Crippen molar-refractivity contribution in [2.45, 2.75) is 20.0 Å². The van der Waals surface area contributed by atoms with Crippen molar-refractivity contribution in [1.29, 1.82) is 0 Å². The molecule has 0 spiro atoms. The summed E-state index contributed by atoms with van der Waals surface area (Å²) >= 11 is 0. The highest BCUT2D eigenvalue weighted by Crippen LogP contribution is 2.35. The molecule has 3 aromatic carbocycles. The number of fused-ring (bicyclic) bond motifs is 2. The summed E-state index contributed by atoms with van der Waals surface area (Å²) < 4.78 is 17.9. The van der Waals surface area contributed by atoms with Crippen LogP contribution in [0.15, 0.2) is 71.5 Å². The monoisotopic (exact) mass is 443 g/mol. The lowest BCUT2D eigenvalue weighted by molar-refractivity contribution is -0.122. The van der Waals surface area contributed by atoms with Gasteiger partial charge in [-0.15, -0.1) is 0 Å². The zero-order valence-corrected chi connectivity index (χ0v) is 18.1. The molecule has 5 rings (SSSR count). The van der Waals surface area contributed by atoms with E-state index in [4.69, 9.17) is 14.2 Å². The predicted molar refractivity (Wildman–Crippen MR) is 123 cm³/mol. The van der Waals surface area contributed by atoms with Gasteiger partial charge in [0.25, 0.3) is 11.5 Å². The number of anilines is 1. The van der Waals surface area contributed by atoms with Gasteiger partial charge in [-0.3, -0.25) is 14.2 Å². The summed E-state index contributed by atoms with van der Waals surface area (Å²) in [4.78, 5) is 30.1. The molecule has 1 atom stereocenters. The Balaban J connectivity index is 1.30. The van der Waals surface area contributed by atoms with Gasteiger partial charge in [0, 0.05) is 11.8 Å². The normalized spacial score (nSPS) is 13.0. The van der Waals surface area contributed by atoms with Crippen LogP contribution in [0.5, 0.6) is 17.2 Å². The van der Waals surface area contributed by atoms with E-state index in [1.807, 2.05) is 18.2 Å². The van der Waals surface area contributed by atoms with E-state index in [1.165, 1.54) is 0 Å². The Morgan fingerprint density at radius 1 is 1.06 bits per heavy atom. The third-order valence-electron chi connectivity index (χ3n) is 5.36. The van der Waals surface area contributed by atoms with Crippen molar-refractivity contribution >= 4 is 22.5 Å². The van der Waals surface area contributed by atoms with Crippen molar-refractivity contribution in [3.8, 4) is 22.9 Å². The summed E-state index contributed by atoms with van der Waals surface area (Å²) in [6.07, 6.45) is -0.736. The molecule has 0 fully saturated rings. The maximum atomic E-state index is 13.0. The molecule has 2 heterocycles. The van der Waals surface area contributed by atoms with Crippen LogP contribution in [0.4, 0.5) is 5.69 Å². The topological polar surface area (TPSA) is 91.7 Å². The van der Waals surface area contributed by atoms with Gasteiger partial charge in [0.05, 0.1) is 16.6 Å². The van der Waals surface area contributed by atoms with Crippen molar-refractivity contribution in [2.75, 3.05) is 12.1 Å². The van der Waals surface area contributed by atoms with E-state index in [9.17, 15) is 9.59 Å². The van der Waals surface area contributed by atoms with Gasteiger partial charge in [0.1, 0.15) is 11.6 Å². The lowest BCUT2D eigenvalue weighted by Gasteiger charge is -2.16.